The van der Waals surface area contributed by atoms with Gasteiger partial charge < -0.3 is 11.1 Å². The fraction of sp³-hybridized carbons (Fsp3) is 0.500. The average molecular weight is 282 g/mol. The van der Waals surface area contributed by atoms with Crippen LogP contribution < -0.4 is 11.1 Å². The molecule has 108 valence electrons. The molecule has 5 rings (SSSR count). The third-order valence-corrected chi connectivity index (χ3v) is 5.84. The molecule has 4 unspecified atom stereocenters. The molecule has 3 aliphatic rings. The second-order valence-corrected chi connectivity index (χ2v) is 6.86. The third kappa shape index (κ3) is 1.51. The van der Waals surface area contributed by atoms with E-state index in [-0.39, 0.29) is 5.91 Å². The summed E-state index contributed by atoms with van der Waals surface area (Å²) in [5, 5.41) is 11.1. The number of anilines is 1. The minimum absolute atomic E-state index is 0.0642. The monoisotopic (exact) mass is 282 g/mol. The van der Waals surface area contributed by atoms with Gasteiger partial charge in [-0.05, 0) is 61.1 Å². The summed E-state index contributed by atoms with van der Waals surface area (Å²) >= 11 is 0. The number of hydrogen-bond donors (Lipinski definition) is 3. The van der Waals surface area contributed by atoms with E-state index in [0.717, 1.165) is 34.6 Å². The number of amides is 1. The van der Waals surface area contributed by atoms with Crippen molar-refractivity contribution >= 4 is 22.5 Å². The van der Waals surface area contributed by atoms with Crippen molar-refractivity contribution in [1.29, 1.82) is 0 Å². The Morgan fingerprint density at radius 3 is 2.81 bits per heavy atom. The van der Waals surface area contributed by atoms with Crippen LogP contribution in [0.15, 0.2) is 18.2 Å². The first-order chi connectivity index (χ1) is 10.2. The number of benzene rings is 1. The van der Waals surface area contributed by atoms with Crippen LogP contribution in [0.2, 0.25) is 0 Å². The van der Waals surface area contributed by atoms with E-state index in [9.17, 15) is 4.79 Å². The Labute approximate surface area is 122 Å². The van der Waals surface area contributed by atoms with Crippen LogP contribution >= 0.6 is 0 Å². The number of H-pyrrole nitrogens is 1. The number of hydrogen-bond acceptors (Lipinski definition) is 3. The second kappa shape index (κ2) is 3.78. The molecule has 2 aromatic rings. The van der Waals surface area contributed by atoms with Crippen molar-refractivity contribution in [2.45, 2.75) is 25.3 Å². The number of nitrogens with zero attached hydrogens (tertiary/aromatic N) is 1. The number of aromatic amines is 1. The van der Waals surface area contributed by atoms with Crippen LogP contribution in [0.5, 0.6) is 0 Å². The zero-order chi connectivity index (χ0) is 14.1. The van der Waals surface area contributed by atoms with Gasteiger partial charge in [0.15, 0.2) is 5.69 Å². The largest absolute Gasteiger partial charge is 0.399 e. The molecule has 0 aliphatic heterocycles. The quantitative estimate of drug-likeness (QED) is 0.736. The summed E-state index contributed by atoms with van der Waals surface area (Å²) in [6.45, 7) is 0. The number of nitrogens with two attached hydrogens (primary N) is 1. The van der Waals surface area contributed by atoms with Crippen molar-refractivity contribution in [3.8, 4) is 0 Å². The van der Waals surface area contributed by atoms with E-state index in [1.165, 1.54) is 19.3 Å². The number of nitrogens with one attached hydrogen (secondary N) is 2. The Hall–Kier alpha value is -2.04. The predicted molar refractivity (Wildman–Crippen MR) is 79.6 cm³/mol. The van der Waals surface area contributed by atoms with Crippen LogP contribution in [-0.2, 0) is 0 Å². The fourth-order valence-electron chi connectivity index (χ4n) is 4.94. The molecule has 1 heterocycles. The maximum Gasteiger partial charge on any atom is 0.272 e. The first kappa shape index (κ1) is 11.6. The standard InChI is InChI=1S/C16H18N4O/c17-9-3-4-11-10(6-9)14(20-19-11)16(21)18-15-12-7-1-2-8(5-7)13(12)15/h3-4,6-8,12-13,15H,1-2,5,17H2,(H,18,21)(H,19,20). The van der Waals surface area contributed by atoms with E-state index in [2.05, 4.69) is 15.5 Å². The number of rotatable bonds is 2. The molecule has 1 aromatic heterocycles. The summed E-state index contributed by atoms with van der Waals surface area (Å²) in [4.78, 5) is 12.5. The Morgan fingerprint density at radius 1 is 1.29 bits per heavy atom. The molecule has 1 amide bonds. The van der Waals surface area contributed by atoms with Gasteiger partial charge in [-0.3, -0.25) is 9.89 Å². The van der Waals surface area contributed by atoms with Crippen LogP contribution in [-0.4, -0.2) is 22.1 Å². The molecule has 0 saturated heterocycles. The molecule has 3 aliphatic carbocycles. The van der Waals surface area contributed by atoms with Crippen molar-refractivity contribution in [2.75, 3.05) is 5.73 Å². The highest BCUT2D eigenvalue weighted by molar-refractivity contribution is 6.05. The second-order valence-electron chi connectivity index (χ2n) is 6.86. The van der Waals surface area contributed by atoms with Crippen molar-refractivity contribution < 1.29 is 4.79 Å². The smallest absolute Gasteiger partial charge is 0.272 e. The van der Waals surface area contributed by atoms with Crippen LogP contribution in [0.3, 0.4) is 0 Å². The van der Waals surface area contributed by atoms with E-state index < -0.39 is 0 Å². The molecule has 5 nitrogen and oxygen atoms in total. The first-order valence-corrected chi connectivity index (χ1v) is 7.77. The van der Waals surface area contributed by atoms with Gasteiger partial charge in [-0.15, -0.1) is 0 Å². The van der Waals surface area contributed by atoms with Crippen LogP contribution in [0.1, 0.15) is 29.8 Å². The molecular formula is C16H18N4O. The molecule has 21 heavy (non-hydrogen) atoms. The van der Waals surface area contributed by atoms with Crippen LogP contribution in [0.25, 0.3) is 10.9 Å². The minimum atomic E-state index is -0.0642. The summed E-state index contributed by atoms with van der Waals surface area (Å²) in [5.74, 6) is 3.13. The lowest BCUT2D eigenvalue weighted by molar-refractivity contribution is 0.0941. The molecule has 0 spiro atoms. The van der Waals surface area contributed by atoms with Gasteiger partial charge in [0.05, 0.1) is 5.52 Å². The van der Waals surface area contributed by atoms with Gasteiger partial charge in [0.2, 0.25) is 0 Å². The van der Waals surface area contributed by atoms with Gasteiger partial charge in [0.1, 0.15) is 0 Å². The molecule has 5 heteroatoms. The lowest BCUT2D eigenvalue weighted by atomic mass is 10.0. The van der Waals surface area contributed by atoms with Crippen LogP contribution in [0, 0.1) is 23.7 Å². The lowest BCUT2D eigenvalue weighted by Gasteiger charge is -2.09. The van der Waals surface area contributed by atoms with Crippen LogP contribution in [0.4, 0.5) is 5.69 Å². The van der Waals surface area contributed by atoms with Gasteiger partial charge in [-0.25, -0.2) is 0 Å². The first-order valence-electron chi connectivity index (χ1n) is 7.77. The number of carbonyl (C=O) groups excluding carboxylic acids is 1. The average Bonchev–Trinajstić information content (AvgIpc) is 2.88. The number of fused-ring (bicyclic) bond motifs is 6. The summed E-state index contributed by atoms with van der Waals surface area (Å²) in [6.07, 6.45) is 4.11. The summed E-state index contributed by atoms with van der Waals surface area (Å²) in [5.41, 5.74) is 7.78. The molecule has 1 aromatic carbocycles. The maximum absolute atomic E-state index is 12.5. The molecule has 2 bridgehead atoms. The zero-order valence-corrected chi connectivity index (χ0v) is 11.7. The summed E-state index contributed by atoms with van der Waals surface area (Å²) in [6, 6.07) is 5.87. The van der Waals surface area contributed by atoms with Crippen molar-refractivity contribution in [1.82, 2.24) is 15.5 Å². The van der Waals surface area contributed by atoms with Gasteiger partial charge >= 0.3 is 0 Å². The third-order valence-electron chi connectivity index (χ3n) is 5.84. The summed E-state index contributed by atoms with van der Waals surface area (Å²) < 4.78 is 0. The molecule has 4 N–H and O–H groups in total. The van der Waals surface area contributed by atoms with Crippen molar-refractivity contribution in [2.24, 2.45) is 23.7 Å². The van der Waals surface area contributed by atoms with Gasteiger partial charge in [-0.1, -0.05) is 0 Å². The molecule has 0 radical (unpaired) electrons. The normalized spacial score (nSPS) is 35.9. The molecule has 4 atom stereocenters. The van der Waals surface area contributed by atoms with E-state index in [1.54, 1.807) is 0 Å². The van der Waals surface area contributed by atoms with E-state index in [1.807, 2.05) is 18.2 Å². The maximum atomic E-state index is 12.5. The highest BCUT2D eigenvalue weighted by atomic mass is 16.2. The highest BCUT2D eigenvalue weighted by Crippen LogP contribution is 2.65. The summed E-state index contributed by atoms with van der Waals surface area (Å²) in [7, 11) is 0. The van der Waals surface area contributed by atoms with Crippen molar-refractivity contribution in [3.63, 3.8) is 0 Å². The van der Waals surface area contributed by atoms with E-state index >= 15 is 0 Å². The number of aromatic nitrogens is 2. The fourth-order valence-corrected chi connectivity index (χ4v) is 4.94. The van der Waals surface area contributed by atoms with Gasteiger partial charge in [-0.2, -0.15) is 5.10 Å². The molecular weight excluding hydrogens is 264 g/mol. The Balaban J connectivity index is 1.40. The SMILES string of the molecule is Nc1ccc2[nH]nc(C(=O)NC3C4C5CCC(C5)C34)c2c1. The van der Waals surface area contributed by atoms with Gasteiger partial charge in [0.25, 0.3) is 5.91 Å². The highest BCUT2D eigenvalue weighted by Gasteiger charge is 2.65. The van der Waals surface area contributed by atoms with Crippen molar-refractivity contribution in [3.05, 3.63) is 23.9 Å². The van der Waals surface area contributed by atoms with E-state index in [4.69, 9.17) is 5.73 Å². The Bertz CT molecular complexity index is 736. The zero-order valence-electron chi connectivity index (χ0n) is 11.7. The number of carbonyl (C=O) groups is 1. The Kier molecular flexibility index (Phi) is 2.09. The molecule has 3 saturated carbocycles. The Morgan fingerprint density at radius 2 is 2.05 bits per heavy atom. The minimum Gasteiger partial charge on any atom is -0.399 e. The topological polar surface area (TPSA) is 83.8 Å². The number of nitrogen functional groups attached to an aromatic ring is 1. The van der Waals surface area contributed by atoms with E-state index in [0.29, 0.717) is 17.4 Å². The lowest BCUT2D eigenvalue weighted by Crippen LogP contribution is -2.30. The predicted octanol–water partition coefficient (Wildman–Crippen LogP) is 1.92. The van der Waals surface area contributed by atoms with Gasteiger partial charge in [0, 0.05) is 17.1 Å². The molecule has 3 fully saturated rings.